The van der Waals surface area contributed by atoms with Gasteiger partial charge in [-0.1, -0.05) is 108 Å². The number of nitrogens with two attached hydrogens (primary N) is 1. The van der Waals surface area contributed by atoms with Crippen molar-refractivity contribution in [3.63, 3.8) is 0 Å². The third-order valence-corrected chi connectivity index (χ3v) is 7.49. The number of hydrogen-bond donors (Lipinski definition) is 5. The van der Waals surface area contributed by atoms with Crippen molar-refractivity contribution in [2.24, 2.45) is 5.73 Å². The van der Waals surface area contributed by atoms with Gasteiger partial charge >= 0.3 is 7.82 Å². The molecule has 0 saturated carbocycles. The van der Waals surface area contributed by atoms with Crippen molar-refractivity contribution >= 4 is 13.7 Å². The number of phosphoric ester groups is 1. The van der Waals surface area contributed by atoms with Crippen molar-refractivity contribution < 1.29 is 33.5 Å². The van der Waals surface area contributed by atoms with Crippen LogP contribution in [0.5, 0.6) is 0 Å². The van der Waals surface area contributed by atoms with Crippen molar-refractivity contribution in [1.82, 2.24) is 5.32 Å². The molecule has 0 fully saturated rings. The molecule has 4 atom stereocenters. The molecule has 41 heavy (non-hydrogen) atoms. The maximum absolute atomic E-state index is 12.6. The Hall–Kier alpha value is -1.32. The fourth-order valence-electron chi connectivity index (χ4n) is 4.07. The first-order valence-corrected chi connectivity index (χ1v) is 17.2. The second kappa shape index (κ2) is 27.5. The number of carbonyl (C=O) groups excluding carboxylic acids is 1. The first-order valence-electron chi connectivity index (χ1n) is 15.7. The van der Waals surface area contributed by atoms with Crippen LogP contribution in [0.2, 0.25) is 0 Å². The van der Waals surface area contributed by atoms with E-state index in [-0.39, 0.29) is 19.6 Å². The molecule has 0 bridgehead atoms. The largest absolute Gasteiger partial charge is 0.472 e. The zero-order chi connectivity index (χ0) is 30.6. The minimum absolute atomic E-state index is 0.0418. The van der Waals surface area contributed by atoms with Gasteiger partial charge in [0, 0.05) is 6.54 Å². The van der Waals surface area contributed by atoms with Gasteiger partial charge in [-0.05, 0) is 38.5 Å². The van der Waals surface area contributed by atoms with Gasteiger partial charge in [-0.15, -0.1) is 0 Å². The second-order valence-electron chi connectivity index (χ2n) is 10.5. The molecule has 4 unspecified atom stereocenters. The van der Waals surface area contributed by atoms with Crippen LogP contribution in [0.25, 0.3) is 0 Å². The maximum Gasteiger partial charge on any atom is 0.472 e. The van der Waals surface area contributed by atoms with Crippen molar-refractivity contribution in [2.45, 2.75) is 135 Å². The highest BCUT2D eigenvalue weighted by Crippen LogP contribution is 2.43. The zero-order valence-corrected chi connectivity index (χ0v) is 26.5. The molecule has 0 aliphatic carbocycles. The summed E-state index contributed by atoms with van der Waals surface area (Å²) in [6.07, 6.45) is 25.4. The number of aliphatic hydroxyl groups is 2. The van der Waals surface area contributed by atoms with Gasteiger partial charge in [-0.2, -0.15) is 0 Å². The lowest BCUT2D eigenvalue weighted by molar-refractivity contribution is -0.124. The summed E-state index contributed by atoms with van der Waals surface area (Å²) < 4.78 is 21.8. The molecular formula is C31H59N2O7P. The standard InChI is InChI=1S/C31H59N2O7P/c1-3-5-7-9-11-12-13-14-15-17-19-21-23-30(35)29(27-40-41(37,38)39-25-24-32)33-31(36)26-28(34)22-20-18-16-10-8-6-4-2/h9,11,14-15,21,23,28-30,34-35H,3-8,10,12-13,16-20,22,24-27,32H2,1-2H3,(H,33,36)(H,37,38)/b11-9+,15-14+,23-21+. The molecule has 10 heteroatoms. The highest BCUT2D eigenvalue weighted by atomic mass is 31.2. The molecule has 0 aromatic rings. The minimum Gasteiger partial charge on any atom is -0.393 e. The molecular weight excluding hydrogens is 543 g/mol. The quantitative estimate of drug-likeness (QED) is 0.0401. The summed E-state index contributed by atoms with van der Waals surface area (Å²) in [5.74, 6) is -0.469. The van der Waals surface area contributed by atoms with E-state index in [1.807, 2.05) is 0 Å². The third kappa shape index (κ3) is 26.1. The van der Waals surface area contributed by atoms with Crippen LogP contribution in [-0.4, -0.2) is 59.0 Å². The summed E-state index contributed by atoms with van der Waals surface area (Å²) in [6, 6.07) is -0.999. The van der Waals surface area contributed by atoms with Crippen molar-refractivity contribution in [2.75, 3.05) is 19.8 Å². The van der Waals surface area contributed by atoms with Gasteiger partial charge in [0.1, 0.15) is 0 Å². The van der Waals surface area contributed by atoms with E-state index in [0.717, 1.165) is 44.9 Å². The Morgan fingerprint density at radius 1 is 0.829 bits per heavy atom. The molecule has 0 spiro atoms. The Kier molecular flexibility index (Phi) is 26.6. The number of aliphatic hydroxyl groups excluding tert-OH is 2. The number of rotatable bonds is 28. The van der Waals surface area contributed by atoms with Crippen LogP contribution in [0.15, 0.2) is 36.5 Å². The average molecular weight is 603 g/mol. The van der Waals surface area contributed by atoms with E-state index in [0.29, 0.717) is 12.8 Å². The molecule has 0 aliphatic rings. The van der Waals surface area contributed by atoms with E-state index in [1.165, 1.54) is 44.6 Å². The van der Waals surface area contributed by atoms with Gasteiger partial charge in [0.2, 0.25) is 5.91 Å². The first kappa shape index (κ1) is 39.7. The first-order chi connectivity index (χ1) is 19.8. The number of carbonyl (C=O) groups is 1. The average Bonchev–Trinajstić information content (AvgIpc) is 2.94. The van der Waals surface area contributed by atoms with Gasteiger partial charge in [-0.25, -0.2) is 4.57 Å². The van der Waals surface area contributed by atoms with Crippen LogP contribution in [0.3, 0.4) is 0 Å². The summed E-state index contributed by atoms with van der Waals surface area (Å²) >= 11 is 0. The molecule has 0 radical (unpaired) electrons. The number of allylic oxidation sites excluding steroid dienone is 5. The Morgan fingerprint density at radius 3 is 2.00 bits per heavy atom. The van der Waals surface area contributed by atoms with Crippen LogP contribution < -0.4 is 11.1 Å². The molecule has 1 amide bonds. The predicted octanol–water partition coefficient (Wildman–Crippen LogP) is 6.24. The molecule has 6 N–H and O–H groups in total. The van der Waals surface area contributed by atoms with Gasteiger partial charge in [0.15, 0.2) is 0 Å². The Bertz CT molecular complexity index is 761. The highest BCUT2D eigenvalue weighted by molar-refractivity contribution is 7.47. The van der Waals surface area contributed by atoms with Crippen LogP contribution in [-0.2, 0) is 18.4 Å². The molecule has 9 nitrogen and oxygen atoms in total. The van der Waals surface area contributed by atoms with Crippen molar-refractivity contribution in [3.05, 3.63) is 36.5 Å². The Morgan fingerprint density at radius 2 is 1.39 bits per heavy atom. The number of amides is 1. The SMILES string of the molecule is CCCC/C=C/CC/C=C/CC/C=C/C(O)C(COP(=O)(O)OCCN)NC(=O)CC(O)CCCCCCCCC. The van der Waals surface area contributed by atoms with Gasteiger partial charge in [0.05, 0.1) is 37.9 Å². The smallest absolute Gasteiger partial charge is 0.393 e. The molecule has 0 aromatic carbocycles. The lowest BCUT2D eigenvalue weighted by Gasteiger charge is -2.24. The molecule has 0 heterocycles. The normalized spacial score (nSPS) is 16.0. The van der Waals surface area contributed by atoms with Crippen LogP contribution in [0.1, 0.15) is 117 Å². The Labute approximate surface area is 249 Å². The summed E-state index contributed by atoms with van der Waals surface area (Å²) in [6.45, 7) is 3.79. The fraction of sp³-hybridized carbons (Fsp3) is 0.774. The number of hydrogen-bond acceptors (Lipinski definition) is 7. The minimum atomic E-state index is -4.39. The third-order valence-electron chi connectivity index (χ3n) is 6.50. The molecule has 0 aliphatic heterocycles. The van der Waals surface area contributed by atoms with E-state index in [1.54, 1.807) is 6.08 Å². The monoisotopic (exact) mass is 602 g/mol. The Balaban J connectivity index is 4.69. The summed E-state index contributed by atoms with van der Waals surface area (Å²) in [5.41, 5.74) is 5.31. The molecule has 0 aromatic heterocycles. The molecule has 240 valence electrons. The second-order valence-corrected chi connectivity index (χ2v) is 11.9. The summed E-state index contributed by atoms with van der Waals surface area (Å²) in [5, 5.41) is 23.6. The number of unbranched alkanes of at least 4 members (excludes halogenated alkanes) is 10. The van der Waals surface area contributed by atoms with Crippen molar-refractivity contribution in [1.29, 1.82) is 0 Å². The zero-order valence-electron chi connectivity index (χ0n) is 25.6. The fourth-order valence-corrected chi connectivity index (χ4v) is 4.83. The molecule has 0 saturated heterocycles. The topological polar surface area (TPSA) is 151 Å². The lowest BCUT2D eigenvalue weighted by Crippen LogP contribution is -2.46. The van der Waals surface area contributed by atoms with E-state index in [4.69, 9.17) is 14.8 Å². The number of phosphoric acid groups is 1. The van der Waals surface area contributed by atoms with Crippen LogP contribution in [0, 0.1) is 0 Å². The molecule has 0 rings (SSSR count). The highest BCUT2D eigenvalue weighted by Gasteiger charge is 2.27. The predicted molar refractivity (Wildman–Crippen MR) is 167 cm³/mol. The van der Waals surface area contributed by atoms with Gasteiger partial charge in [-0.3, -0.25) is 13.8 Å². The van der Waals surface area contributed by atoms with Crippen LogP contribution in [0.4, 0.5) is 0 Å². The lowest BCUT2D eigenvalue weighted by atomic mass is 10.0. The van der Waals surface area contributed by atoms with E-state index >= 15 is 0 Å². The van der Waals surface area contributed by atoms with E-state index in [2.05, 4.69) is 43.5 Å². The number of nitrogens with one attached hydrogen (secondary N) is 1. The van der Waals surface area contributed by atoms with Gasteiger partial charge < -0.3 is 26.2 Å². The van der Waals surface area contributed by atoms with E-state index < -0.39 is 38.6 Å². The maximum atomic E-state index is 12.6. The van der Waals surface area contributed by atoms with E-state index in [9.17, 15) is 24.5 Å². The van der Waals surface area contributed by atoms with Gasteiger partial charge in [0.25, 0.3) is 0 Å². The summed E-state index contributed by atoms with van der Waals surface area (Å²) in [4.78, 5) is 22.4. The summed E-state index contributed by atoms with van der Waals surface area (Å²) in [7, 11) is -4.39. The van der Waals surface area contributed by atoms with Crippen molar-refractivity contribution in [3.8, 4) is 0 Å². The van der Waals surface area contributed by atoms with Crippen LogP contribution >= 0.6 is 7.82 Å².